The Bertz CT molecular complexity index is 1110. The van der Waals surface area contributed by atoms with Crippen LogP contribution in [-0.4, -0.2) is 62.6 Å². The van der Waals surface area contributed by atoms with Gasteiger partial charge in [-0.05, 0) is 45.7 Å². The number of Topliss-reactive ketones (excluding diaryl/α,β-unsaturated/α-hetero) is 2. The number of rotatable bonds is 10. The maximum atomic E-state index is 13.4. The molecular weight excluding hydrogens is 460 g/mol. The molecule has 2 atom stereocenters. The molecule has 0 spiro atoms. The molecule has 36 heavy (non-hydrogen) atoms. The monoisotopic (exact) mass is 494 g/mol. The minimum absolute atomic E-state index is 0.0144. The summed E-state index contributed by atoms with van der Waals surface area (Å²) in [6.45, 7) is 3.46. The third-order valence-electron chi connectivity index (χ3n) is 6.77. The third-order valence-corrected chi connectivity index (χ3v) is 6.77. The summed E-state index contributed by atoms with van der Waals surface area (Å²) in [6.07, 6.45) is 10.4. The third kappa shape index (κ3) is 6.23. The van der Waals surface area contributed by atoms with Crippen LogP contribution in [0.2, 0.25) is 0 Å². The first-order chi connectivity index (χ1) is 17.5. The summed E-state index contributed by atoms with van der Waals surface area (Å²) < 4.78 is 11.9. The highest BCUT2D eigenvalue weighted by Gasteiger charge is 2.32. The first kappa shape index (κ1) is 25.7. The summed E-state index contributed by atoms with van der Waals surface area (Å²) in [5, 5.41) is 0. The van der Waals surface area contributed by atoms with Crippen LogP contribution in [0.1, 0.15) is 64.1 Å². The van der Waals surface area contributed by atoms with Crippen molar-refractivity contribution in [2.45, 2.75) is 64.3 Å². The molecule has 10 heteroatoms. The zero-order chi connectivity index (χ0) is 25.5. The van der Waals surface area contributed by atoms with E-state index < -0.39 is 5.92 Å². The molecule has 1 saturated heterocycles. The molecule has 2 aromatic rings. The fourth-order valence-electron chi connectivity index (χ4n) is 4.73. The number of likely N-dealkylation sites (N-methyl/N-ethyl adjacent to an activating group) is 1. The lowest BCUT2D eigenvalue weighted by Crippen LogP contribution is -2.31. The van der Waals surface area contributed by atoms with Crippen LogP contribution in [0, 0.1) is 5.92 Å². The number of allylic oxidation sites excluding steroid dienone is 1. The average Bonchev–Trinajstić information content (AvgIpc) is 3.30. The van der Waals surface area contributed by atoms with E-state index in [1.165, 1.54) is 18.7 Å². The van der Waals surface area contributed by atoms with Crippen molar-refractivity contribution in [3.63, 3.8) is 0 Å². The zero-order valence-corrected chi connectivity index (χ0v) is 21.0. The summed E-state index contributed by atoms with van der Waals surface area (Å²) >= 11 is 0. The predicted octanol–water partition coefficient (Wildman–Crippen LogP) is 3.33. The molecule has 2 fully saturated rings. The minimum atomic E-state index is -0.645. The lowest BCUT2D eigenvalue weighted by atomic mass is 9.81. The summed E-state index contributed by atoms with van der Waals surface area (Å²) in [4.78, 5) is 45.1. The summed E-state index contributed by atoms with van der Waals surface area (Å²) in [5.41, 5.74) is 7.07. The van der Waals surface area contributed by atoms with Gasteiger partial charge in [-0.1, -0.05) is 19.8 Å². The van der Waals surface area contributed by atoms with Gasteiger partial charge < -0.3 is 20.1 Å². The molecule has 2 aromatic heterocycles. The lowest BCUT2D eigenvalue weighted by Gasteiger charge is -2.22. The van der Waals surface area contributed by atoms with Crippen molar-refractivity contribution in [1.82, 2.24) is 24.8 Å². The Morgan fingerprint density at radius 3 is 2.61 bits per heavy atom. The van der Waals surface area contributed by atoms with Crippen molar-refractivity contribution < 1.29 is 19.1 Å². The van der Waals surface area contributed by atoms with Crippen LogP contribution in [0.3, 0.4) is 0 Å². The van der Waals surface area contributed by atoms with Gasteiger partial charge in [0, 0.05) is 18.0 Å². The topological polar surface area (TPSA) is 133 Å². The van der Waals surface area contributed by atoms with Crippen molar-refractivity contribution in [2.24, 2.45) is 11.7 Å². The van der Waals surface area contributed by atoms with Gasteiger partial charge in [0.25, 0.3) is 0 Å². The van der Waals surface area contributed by atoms with Crippen LogP contribution in [0.25, 0.3) is 5.70 Å². The number of carbonyl (C=O) groups is 2. The Morgan fingerprint density at radius 2 is 1.92 bits per heavy atom. The Morgan fingerprint density at radius 1 is 1.14 bits per heavy atom. The van der Waals surface area contributed by atoms with Crippen LogP contribution in [0.5, 0.6) is 17.5 Å². The highest BCUT2D eigenvalue weighted by molar-refractivity contribution is 6.13. The predicted molar refractivity (Wildman–Crippen MR) is 133 cm³/mol. The van der Waals surface area contributed by atoms with Gasteiger partial charge in [0.05, 0.1) is 30.1 Å². The number of nitrogens with two attached hydrogens (primary N) is 1. The van der Waals surface area contributed by atoms with Gasteiger partial charge in [-0.15, -0.1) is 0 Å². The van der Waals surface area contributed by atoms with Gasteiger partial charge in [0.1, 0.15) is 18.7 Å². The number of nitrogens with zero attached hydrogens (tertiary/aromatic N) is 5. The van der Waals surface area contributed by atoms with E-state index >= 15 is 0 Å². The molecule has 0 aromatic carbocycles. The van der Waals surface area contributed by atoms with Crippen molar-refractivity contribution >= 4 is 17.3 Å². The highest BCUT2D eigenvalue weighted by Crippen LogP contribution is 2.29. The van der Waals surface area contributed by atoms with Crippen molar-refractivity contribution in [3.8, 4) is 17.5 Å². The van der Waals surface area contributed by atoms with E-state index in [1.807, 2.05) is 6.92 Å². The van der Waals surface area contributed by atoms with E-state index in [2.05, 4.69) is 31.9 Å². The highest BCUT2D eigenvalue weighted by atomic mass is 16.5. The van der Waals surface area contributed by atoms with E-state index in [0.29, 0.717) is 49.5 Å². The normalized spacial score (nSPS) is 21.2. The molecule has 2 N–H and O–H groups in total. The van der Waals surface area contributed by atoms with E-state index in [-0.39, 0.29) is 35.0 Å². The molecule has 4 rings (SSSR count). The number of carbonyl (C=O) groups excluding carboxylic acids is 2. The molecular formula is C26H34N6O4. The number of ether oxygens (including phenoxy) is 2. The molecule has 3 heterocycles. The molecule has 10 nitrogen and oxygen atoms in total. The fourth-order valence-corrected chi connectivity index (χ4v) is 4.73. The second-order valence-electron chi connectivity index (χ2n) is 9.40. The number of ketones is 2. The molecule has 1 aliphatic carbocycles. The first-order valence-corrected chi connectivity index (χ1v) is 12.7. The fraction of sp³-hybridized carbons (Fsp3) is 0.538. The summed E-state index contributed by atoms with van der Waals surface area (Å²) in [6, 6.07) is 1.88. The molecule has 2 aliphatic rings. The van der Waals surface area contributed by atoms with Crippen LogP contribution in [0.15, 0.2) is 30.4 Å². The average molecular weight is 495 g/mol. The Kier molecular flexibility index (Phi) is 8.58. The Labute approximate surface area is 211 Å². The smallest absolute Gasteiger partial charge is 0.226 e. The van der Waals surface area contributed by atoms with Crippen LogP contribution >= 0.6 is 0 Å². The van der Waals surface area contributed by atoms with Gasteiger partial charge in [-0.25, -0.2) is 9.97 Å². The lowest BCUT2D eigenvalue weighted by molar-refractivity contribution is -0.132. The largest absolute Gasteiger partial charge is 0.476 e. The number of hydrogen-bond donors (Lipinski definition) is 1. The number of likely N-dealkylation sites (tertiary alicyclic amines) is 1. The van der Waals surface area contributed by atoms with Gasteiger partial charge >= 0.3 is 0 Å². The molecule has 0 bridgehead atoms. The quantitative estimate of drug-likeness (QED) is 0.387. The van der Waals surface area contributed by atoms with E-state index in [4.69, 9.17) is 15.2 Å². The number of hydrogen-bond acceptors (Lipinski definition) is 10. The second kappa shape index (κ2) is 12.0. The molecule has 192 valence electrons. The van der Waals surface area contributed by atoms with Crippen LogP contribution < -0.4 is 15.2 Å². The Balaban J connectivity index is 1.67. The molecule has 0 unspecified atom stereocenters. The maximum absolute atomic E-state index is 13.4. The minimum Gasteiger partial charge on any atom is -0.476 e. The van der Waals surface area contributed by atoms with Gasteiger partial charge in [0.15, 0.2) is 17.4 Å². The molecule has 1 saturated carbocycles. The molecule has 0 amide bonds. The first-order valence-electron chi connectivity index (χ1n) is 12.7. The second-order valence-corrected chi connectivity index (χ2v) is 9.40. The van der Waals surface area contributed by atoms with Crippen molar-refractivity contribution in [1.29, 1.82) is 0 Å². The van der Waals surface area contributed by atoms with E-state index in [1.54, 1.807) is 6.07 Å². The number of aromatic nitrogens is 4. The summed E-state index contributed by atoms with van der Waals surface area (Å²) in [5.74, 6) is 0.146. The SMILES string of the molecule is CCCC(C(=O)[C@H]1CCCCC1=O)=C(N)c1nc(OC[C@@H]2CCCN2C)cc(Oc2cncnc2)n1. The molecule has 0 radical (unpaired) electrons. The Hall–Kier alpha value is -3.40. The van der Waals surface area contributed by atoms with Crippen molar-refractivity contribution in [2.75, 3.05) is 20.2 Å². The van der Waals surface area contributed by atoms with Gasteiger partial charge in [0.2, 0.25) is 11.8 Å². The maximum Gasteiger partial charge on any atom is 0.226 e. The van der Waals surface area contributed by atoms with Crippen LogP contribution in [0.4, 0.5) is 0 Å². The van der Waals surface area contributed by atoms with E-state index in [0.717, 1.165) is 32.2 Å². The zero-order valence-electron chi connectivity index (χ0n) is 21.0. The van der Waals surface area contributed by atoms with Crippen molar-refractivity contribution in [3.05, 3.63) is 36.2 Å². The summed E-state index contributed by atoms with van der Waals surface area (Å²) in [7, 11) is 2.08. The van der Waals surface area contributed by atoms with E-state index in [9.17, 15) is 9.59 Å². The van der Waals surface area contributed by atoms with Crippen LogP contribution in [-0.2, 0) is 9.59 Å². The van der Waals surface area contributed by atoms with Gasteiger partial charge in [-0.3, -0.25) is 9.59 Å². The molecule has 1 aliphatic heterocycles. The standard InChI is InChI=1S/C26H34N6O4/c1-3-7-20(25(34)19-9-4-5-10-21(19)33)24(27)26-30-22(35-15-17-8-6-11-32(17)2)12-23(31-26)36-18-13-28-16-29-14-18/h12-14,16-17,19H,3-11,15,27H2,1-2H3/t17-,19-/m0/s1. The van der Waals surface area contributed by atoms with Gasteiger partial charge in [-0.2, -0.15) is 9.97 Å².